The largest absolute Gasteiger partial charge is 0.542 e. The van der Waals surface area contributed by atoms with Crippen LogP contribution in [-0.2, 0) is 10.8 Å². The number of hydrogen-bond donors (Lipinski definition) is 0. The third-order valence-electron chi connectivity index (χ3n) is 8.14. The Hall–Kier alpha value is -0.986. The van der Waals surface area contributed by atoms with Gasteiger partial charge in [-0.25, -0.2) is 0 Å². The Morgan fingerprint density at radius 3 is 2.19 bits per heavy atom. The molecule has 3 aliphatic rings. The number of ether oxygens (including phenoxy) is 2. The van der Waals surface area contributed by atoms with Crippen molar-refractivity contribution in [3.8, 4) is 17.2 Å². The molecule has 3 aliphatic carbocycles. The molecule has 6 heteroatoms. The van der Waals surface area contributed by atoms with Gasteiger partial charge in [0.05, 0.1) is 20.3 Å². The van der Waals surface area contributed by atoms with Crippen LogP contribution in [0.5, 0.6) is 17.2 Å². The maximum Gasteiger partial charge on any atom is 0.242 e. The Labute approximate surface area is 197 Å². The number of fused-ring (bicyclic) bond motifs is 5. The van der Waals surface area contributed by atoms with Crippen molar-refractivity contribution in [2.45, 2.75) is 96.8 Å². The van der Waals surface area contributed by atoms with Crippen molar-refractivity contribution < 1.29 is 18.3 Å². The molecule has 0 N–H and O–H groups in total. The molecule has 0 aliphatic heterocycles. The van der Waals surface area contributed by atoms with Crippen LogP contribution in [0.15, 0.2) is 6.07 Å². The van der Waals surface area contributed by atoms with E-state index in [1.165, 1.54) is 43.2 Å². The zero-order valence-electron chi connectivity index (χ0n) is 21.8. The summed E-state index contributed by atoms with van der Waals surface area (Å²) in [5.41, 5.74) is 3.17. The van der Waals surface area contributed by atoms with Crippen LogP contribution in [0.2, 0.25) is 39.3 Å². The summed E-state index contributed by atoms with van der Waals surface area (Å²) in [5, 5.41) is 0. The van der Waals surface area contributed by atoms with Gasteiger partial charge >= 0.3 is 0 Å². The standard InChI is InChI=1S/C26H44O4Si2/c1-26-15-14-17-18(21(26)12-13-23(26)29-31(4,5)6)10-11-19-20(17)16-22(27-2)25(28-3)24(19)30-32(7,8)9/h16-18,21,23H,10-15H2,1-9H3. The van der Waals surface area contributed by atoms with Crippen molar-refractivity contribution in [2.24, 2.45) is 17.3 Å². The SMILES string of the molecule is COc1cc2c(c(O[Si](C)(C)C)c1OC)CCC1C2CCC2(C)C(O[Si](C)(C)C)CCC12. The van der Waals surface area contributed by atoms with E-state index < -0.39 is 16.6 Å². The molecule has 0 radical (unpaired) electrons. The Kier molecular flexibility index (Phi) is 6.30. The van der Waals surface area contributed by atoms with E-state index in [9.17, 15) is 0 Å². The summed E-state index contributed by atoms with van der Waals surface area (Å²) in [5.74, 6) is 4.63. The summed E-state index contributed by atoms with van der Waals surface area (Å²) in [4.78, 5) is 0. The minimum absolute atomic E-state index is 0.327. The second kappa shape index (κ2) is 8.35. The van der Waals surface area contributed by atoms with E-state index in [1.54, 1.807) is 14.2 Å². The van der Waals surface area contributed by atoms with Gasteiger partial charge in [0, 0.05) is 5.56 Å². The number of rotatable bonds is 6. The molecule has 5 unspecified atom stereocenters. The minimum Gasteiger partial charge on any atom is -0.542 e. The normalized spacial score (nSPS) is 32.0. The molecule has 1 aromatic carbocycles. The van der Waals surface area contributed by atoms with Crippen LogP contribution in [0.3, 0.4) is 0 Å². The second-order valence-electron chi connectivity index (χ2n) is 12.5. The van der Waals surface area contributed by atoms with Gasteiger partial charge in [-0.1, -0.05) is 6.92 Å². The molecule has 0 heterocycles. The zero-order chi connectivity index (χ0) is 23.5. The Morgan fingerprint density at radius 1 is 0.875 bits per heavy atom. The van der Waals surface area contributed by atoms with E-state index in [0.717, 1.165) is 35.5 Å². The molecule has 0 saturated heterocycles. The fraction of sp³-hybridized carbons (Fsp3) is 0.769. The maximum atomic E-state index is 6.75. The molecule has 4 rings (SSSR count). The topological polar surface area (TPSA) is 36.9 Å². The highest BCUT2D eigenvalue weighted by atomic mass is 28.4. The van der Waals surface area contributed by atoms with Gasteiger partial charge in [-0.2, -0.15) is 0 Å². The fourth-order valence-corrected chi connectivity index (χ4v) is 9.05. The van der Waals surface area contributed by atoms with Crippen LogP contribution in [-0.4, -0.2) is 37.0 Å². The molecule has 2 fully saturated rings. The van der Waals surface area contributed by atoms with Gasteiger partial charge < -0.3 is 18.3 Å². The molecule has 5 atom stereocenters. The highest BCUT2D eigenvalue weighted by Gasteiger charge is 2.56. The Balaban J connectivity index is 1.71. The highest BCUT2D eigenvalue weighted by molar-refractivity contribution is 6.70. The van der Waals surface area contributed by atoms with E-state index in [2.05, 4.69) is 52.3 Å². The average Bonchev–Trinajstić information content (AvgIpc) is 3.01. The summed E-state index contributed by atoms with van der Waals surface area (Å²) in [6.45, 7) is 16.3. The van der Waals surface area contributed by atoms with Crippen molar-refractivity contribution in [3.63, 3.8) is 0 Å². The summed E-state index contributed by atoms with van der Waals surface area (Å²) >= 11 is 0. The molecule has 0 bridgehead atoms. The summed E-state index contributed by atoms with van der Waals surface area (Å²) in [7, 11) is 0.137. The van der Waals surface area contributed by atoms with Crippen molar-refractivity contribution in [1.82, 2.24) is 0 Å². The van der Waals surface area contributed by atoms with E-state index in [-0.39, 0.29) is 0 Å². The Morgan fingerprint density at radius 2 is 1.59 bits per heavy atom. The first-order valence-corrected chi connectivity index (χ1v) is 19.3. The molecule has 180 valence electrons. The van der Waals surface area contributed by atoms with E-state index in [4.69, 9.17) is 18.3 Å². The number of methoxy groups -OCH3 is 2. The van der Waals surface area contributed by atoms with Gasteiger partial charge in [0.15, 0.2) is 19.8 Å². The van der Waals surface area contributed by atoms with E-state index in [1.807, 2.05) is 0 Å². The lowest BCUT2D eigenvalue weighted by Crippen LogP contribution is -2.47. The van der Waals surface area contributed by atoms with Crippen molar-refractivity contribution in [3.05, 3.63) is 17.2 Å². The molecular weight excluding hydrogens is 432 g/mol. The van der Waals surface area contributed by atoms with Gasteiger partial charge in [0.1, 0.15) is 0 Å². The average molecular weight is 477 g/mol. The minimum atomic E-state index is -1.80. The quantitative estimate of drug-likeness (QED) is 0.414. The molecule has 0 aromatic heterocycles. The second-order valence-corrected chi connectivity index (χ2v) is 21.4. The molecule has 4 nitrogen and oxygen atoms in total. The van der Waals surface area contributed by atoms with Crippen LogP contribution in [0.4, 0.5) is 0 Å². The maximum absolute atomic E-state index is 6.75. The highest BCUT2D eigenvalue weighted by Crippen LogP contribution is 2.63. The number of benzene rings is 1. The first-order valence-electron chi connectivity index (χ1n) is 12.5. The van der Waals surface area contributed by atoms with Gasteiger partial charge in [-0.3, -0.25) is 0 Å². The van der Waals surface area contributed by atoms with Gasteiger partial charge in [-0.15, -0.1) is 0 Å². The summed E-state index contributed by atoms with van der Waals surface area (Å²) in [6.07, 6.45) is 7.80. The van der Waals surface area contributed by atoms with Gasteiger partial charge in [0.25, 0.3) is 0 Å². The molecule has 32 heavy (non-hydrogen) atoms. The van der Waals surface area contributed by atoms with Crippen molar-refractivity contribution in [1.29, 1.82) is 0 Å². The Bertz CT molecular complexity index is 857. The smallest absolute Gasteiger partial charge is 0.242 e. The third kappa shape index (κ3) is 4.27. The van der Waals surface area contributed by atoms with Crippen LogP contribution in [0, 0.1) is 17.3 Å². The van der Waals surface area contributed by atoms with Crippen molar-refractivity contribution >= 4 is 16.6 Å². The van der Waals surface area contributed by atoms with Crippen LogP contribution in [0.25, 0.3) is 0 Å². The third-order valence-corrected chi connectivity index (χ3v) is 9.95. The molecule has 0 spiro atoms. The lowest BCUT2D eigenvalue weighted by molar-refractivity contribution is -0.0142. The van der Waals surface area contributed by atoms with Crippen LogP contribution in [0.1, 0.15) is 56.1 Å². The first-order chi connectivity index (χ1) is 14.9. The predicted octanol–water partition coefficient (Wildman–Crippen LogP) is 6.99. The van der Waals surface area contributed by atoms with Crippen LogP contribution >= 0.6 is 0 Å². The fourth-order valence-electron chi connectivity index (χ4n) is 6.98. The molecule has 0 amide bonds. The summed E-state index contributed by atoms with van der Waals surface area (Å²) in [6, 6.07) is 2.27. The van der Waals surface area contributed by atoms with E-state index in [0.29, 0.717) is 17.4 Å². The van der Waals surface area contributed by atoms with Gasteiger partial charge in [0.2, 0.25) is 14.1 Å². The first kappa shape index (κ1) is 24.1. The monoisotopic (exact) mass is 476 g/mol. The summed E-state index contributed by atoms with van der Waals surface area (Å²) < 4.78 is 25.0. The van der Waals surface area contributed by atoms with Gasteiger partial charge in [-0.05, 0) is 113 Å². The van der Waals surface area contributed by atoms with Crippen LogP contribution < -0.4 is 13.9 Å². The predicted molar refractivity (Wildman–Crippen MR) is 136 cm³/mol. The zero-order valence-corrected chi connectivity index (χ0v) is 23.8. The molecule has 2 saturated carbocycles. The van der Waals surface area contributed by atoms with E-state index >= 15 is 0 Å². The lowest BCUT2D eigenvalue weighted by atomic mass is 9.55. The molecule has 1 aromatic rings. The van der Waals surface area contributed by atoms with Crippen molar-refractivity contribution in [2.75, 3.05) is 14.2 Å². The number of hydrogen-bond acceptors (Lipinski definition) is 4. The lowest BCUT2D eigenvalue weighted by Gasteiger charge is -2.51. The molecular formula is C26H44O4Si2.